The maximum absolute atomic E-state index is 12.4. The minimum Gasteiger partial charge on any atom is -0.284 e. The molecule has 1 heterocycles. The second-order valence-electron chi connectivity index (χ2n) is 4.96. The minimum atomic E-state index is -4.34. The number of rotatable bonds is 1. The second kappa shape index (κ2) is 3.90. The Morgan fingerprint density at radius 3 is 2.17 bits per heavy atom. The van der Waals surface area contributed by atoms with Gasteiger partial charge in [-0.3, -0.25) is 15.2 Å². The van der Waals surface area contributed by atoms with Crippen LogP contribution in [-0.2, 0) is 11.0 Å². The van der Waals surface area contributed by atoms with Crippen molar-refractivity contribution in [3.05, 3.63) is 29.8 Å². The number of alkyl halides is 3. The number of hydrazine groups is 1. The Bertz CT molecular complexity index is 465. The Balaban J connectivity index is 2.20. The topological polar surface area (TPSA) is 32.3 Å². The van der Waals surface area contributed by atoms with Crippen molar-refractivity contribution < 1.29 is 18.0 Å². The van der Waals surface area contributed by atoms with Crippen molar-refractivity contribution in [2.75, 3.05) is 11.6 Å². The van der Waals surface area contributed by atoms with Crippen LogP contribution in [0.5, 0.6) is 0 Å². The lowest BCUT2D eigenvalue weighted by atomic mass is 9.94. The van der Waals surface area contributed by atoms with E-state index >= 15 is 0 Å². The molecule has 1 N–H and O–H groups in total. The van der Waals surface area contributed by atoms with Crippen LogP contribution in [0, 0.1) is 5.41 Å². The molecule has 1 aromatic rings. The monoisotopic (exact) mass is 258 g/mol. The van der Waals surface area contributed by atoms with Gasteiger partial charge in [0.2, 0.25) is 5.91 Å². The highest BCUT2D eigenvalue weighted by Gasteiger charge is 2.38. The van der Waals surface area contributed by atoms with E-state index in [0.717, 1.165) is 12.1 Å². The van der Waals surface area contributed by atoms with E-state index in [0.29, 0.717) is 12.2 Å². The molecule has 0 bridgehead atoms. The normalized spacial score (nSPS) is 18.9. The first-order valence-electron chi connectivity index (χ1n) is 5.46. The van der Waals surface area contributed by atoms with Crippen molar-refractivity contribution >= 4 is 11.6 Å². The van der Waals surface area contributed by atoms with E-state index in [1.54, 1.807) is 18.9 Å². The van der Waals surface area contributed by atoms with Gasteiger partial charge in [0.25, 0.3) is 0 Å². The summed E-state index contributed by atoms with van der Waals surface area (Å²) in [6, 6.07) is 4.72. The predicted octanol–water partition coefficient (Wildman–Crippen LogP) is 2.58. The molecule has 98 valence electrons. The van der Waals surface area contributed by atoms with Crippen LogP contribution >= 0.6 is 0 Å². The van der Waals surface area contributed by atoms with Gasteiger partial charge in [0.05, 0.1) is 23.2 Å². The van der Waals surface area contributed by atoms with E-state index < -0.39 is 17.2 Å². The first-order valence-corrected chi connectivity index (χ1v) is 5.46. The van der Waals surface area contributed by atoms with E-state index in [2.05, 4.69) is 5.43 Å². The fourth-order valence-corrected chi connectivity index (χ4v) is 1.77. The molecule has 0 aliphatic carbocycles. The van der Waals surface area contributed by atoms with E-state index in [4.69, 9.17) is 0 Å². The summed E-state index contributed by atoms with van der Waals surface area (Å²) in [6.07, 6.45) is -4.34. The number of halogens is 3. The Labute approximate surface area is 103 Å². The molecule has 3 nitrogen and oxygen atoms in total. The molecule has 1 aliphatic heterocycles. The second-order valence-corrected chi connectivity index (χ2v) is 4.96. The van der Waals surface area contributed by atoms with Crippen LogP contribution < -0.4 is 10.4 Å². The Morgan fingerprint density at radius 2 is 1.78 bits per heavy atom. The van der Waals surface area contributed by atoms with Crippen molar-refractivity contribution in [1.29, 1.82) is 0 Å². The third-order valence-corrected chi connectivity index (χ3v) is 2.91. The van der Waals surface area contributed by atoms with Crippen molar-refractivity contribution in [1.82, 2.24) is 5.43 Å². The first-order chi connectivity index (χ1) is 8.20. The van der Waals surface area contributed by atoms with E-state index in [9.17, 15) is 18.0 Å². The molecule has 1 fully saturated rings. The molecule has 0 spiro atoms. The van der Waals surface area contributed by atoms with Crippen LogP contribution in [0.1, 0.15) is 19.4 Å². The molecule has 1 aliphatic rings. The van der Waals surface area contributed by atoms with Gasteiger partial charge in [-0.2, -0.15) is 13.2 Å². The molecule has 18 heavy (non-hydrogen) atoms. The van der Waals surface area contributed by atoms with Crippen LogP contribution in [-0.4, -0.2) is 12.5 Å². The summed E-state index contributed by atoms with van der Waals surface area (Å²) in [5.41, 5.74) is 1.94. The number of benzene rings is 1. The van der Waals surface area contributed by atoms with Gasteiger partial charge in [0, 0.05) is 0 Å². The Morgan fingerprint density at radius 1 is 1.22 bits per heavy atom. The van der Waals surface area contributed by atoms with Crippen molar-refractivity contribution in [2.24, 2.45) is 5.41 Å². The van der Waals surface area contributed by atoms with Gasteiger partial charge in [-0.15, -0.1) is 0 Å². The zero-order valence-electron chi connectivity index (χ0n) is 10.0. The lowest BCUT2D eigenvalue weighted by molar-refractivity contribution is -0.137. The number of anilines is 1. The van der Waals surface area contributed by atoms with Crippen molar-refractivity contribution in [3.8, 4) is 0 Å². The van der Waals surface area contributed by atoms with Crippen LogP contribution in [0.15, 0.2) is 24.3 Å². The standard InChI is InChI=1S/C12H13F3N2O/c1-11(2)7-17(16-10(11)18)9-5-3-8(4-6-9)12(13,14)15/h3-6H,7H2,1-2H3,(H,16,18). The summed E-state index contributed by atoms with van der Waals surface area (Å²) in [6.45, 7) is 4.00. The minimum absolute atomic E-state index is 0.137. The maximum atomic E-state index is 12.4. The van der Waals surface area contributed by atoms with Crippen molar-refractivity contribution in [3.63, 3.8) is 0 Å². The number of hydrogen-bond donors (Lipinski definition) is 1. The molecule has 1 aromatic carbocycles. The van der Waals surface area contributed by atoms with Gasteiger partial charge in [0.1, 0.15) is 0 Å². The lowest BCUT2D eigenvalue weighted by Crippen LogP contribution is -2.33. The van der Waals surface area contributed by atoms with E-state index in [1.165, 1.54) is 12.1 Å². The summed E-state index contributed by atoms with van der Waals surface area (Å²) in [4.78, 5) is 11.6. The molecule has 6 heteroatoms. The quantitative estimate of drug-likeness (QED) is 0.839. The Kier molecular flexibility index (Phi) is 2.76. The predicted molar refractivity (Wildman–Crippen MR) is 60.7 cm³/mol. The number of nitrogens with one attached hydrogen (secondary N) is 1. The number of amides is 1. The van der Waals surface area contributed by atoms with Crippen LogP contribution in [0.25, 0.3) is 0 Å². The largest absolute Gasteiger partial charge is 0.416 e. The molecule has 1 amide bonds. The van der Waals surface area contributed by atoms with Crippen LogP contribution in [0.3, 0.4) is 0 Å². The third-order valence-electron chi connectivity index (χ3n) is 2.91. The zero-order valence-corrected chi connectivity index (χ0v) is 10.0. The van der Waals surface area contributed by atoms with Gasteiger partial charge in [-0.25, -0.2) is 0 Å². The SMILES string of the molecule is CC1(C)CN(c2ccc(C(F)(F)F)cc2)NC1=O. The average Bonchev–Trinajstić information content (AvgIpc) is 2.53. The molecule has 0 aromatic heterocycles. The smallest absolute Gasteiger partial charge is 0.284 e. The lowest BCUT2D eigenvalue weighted by Gasteiger charge is -2.19. The molecule has 1 saturated heterocycles. The fourth-order valence-electron chi connectivity index (χ4n) is 1.77. The zero-order chi connectivity index (χ0) is 13.6. The Hall–Kier alpha value is -1.72. The fraction of sp³-hybridized carbons (Fsp3) is 0.417. The van der Waals surface area contributed by atoms with E-state index in [1.807, 2.05) is 0 Å². The average molecular weight is 258 g/mol. The van der Waals surface area contributed by atoms with Gasteiger partial charge in [-0.1, -0.05) is 0 Å². The van der Waals surface area contributed by atoms with Crippen LogP contribution in [0.2, 0.25) is 0 Å². The number of hydrogen-bond acceptors (Lipinski definition) is 2. The molecule has 0 unspecified atom stereocenters. The van der Waals surface area contributed by atoms with Gasteiger partial charge >= 0.3 is 6.18 Å². The van der Waals surface area contributed by atoms with E-state index in [-0.39, 0.29) is 5.91 Å². The summed E-state index contributed by atoms with van der Waals surface area (Å²) >= 11 is 0. The highest BCUT2D eigenvalue weighted by molar-refractivity contribution is 5.87. The van der Waals surface area contributed by atoms with Crippen molar-refractivity contribution in [2.45, 2.75) is 20.0 Å². The molecule has 0 saturated carbocycles. The maximum Gasteiger partial charge on any atom is 0.416 e. The first kappa shape index (κ1) is 12.7. The third kappa shape index (κ3) is 2.27. The number of nitrogens with zero attached hydrogens (tertiary/aromatic N) is 1. The summed E-state index contributed by atoms with van der Waals surface area (Å²) in [7, 11) is 0. The van der Waals surface area contributed by atoms with Gasteiger partial charge in [-0.05, 0) is 38.1 Å². The highest BCUT2D eigenvalue weighted by Crippen LogP contribution is 2.32. The number of carbonyl (C=O) groups is 1. The highest BCUT2D eigenvalue weighted by atomic mass is 19.4. The summed E-state index contributed by atoms with van der Waals surface area (Å²) in [5, 5.41) is 1.56. The van der Waals surface area contributed by atoms with Crippen LogP contribution in [0.4, 0.5) is 18.9 Å². The number of carbonyl (C=O) groups excluding carboxylic acids is 1. The molecular formula is C12H13F3N2O. The van der Waals surface area contributed by atoms with Gasteiger partial charge < -0.3 is 0 Å². The molecule has 0 radical (unpaired) electrons. The summed E-state index contributed by atoms with van der Waals surface area (Å²) in [5.74, 6) is -0.137. The molecule has 0 atom stereocenters. The summed E-state index contributed by atoms with van der Waals surface area (Å²) < 4.78 is 37.2. The molecule has 2 rings (SSSR count). The molecular weight excluding hydrogens is 245 g/mol. The van der Waals surface area contributed by atoms with Gasteiger partial charge in [0.15, 0.2) is 0 Å².